The number of hydrogen-bond donors (Lipinski definition) is 2. The van der Waals surface area contributed by atoms with Crippen LogP contribution in [0.3, 0.4) is 0 Å². The summed E-state index contributed by atoms with van der Waals surface area (Å²) >= 11 is 0. The molecule has 2 atom stereocenters. The average Bonchev–Trinajstić information content (AvgIpc) is 2.96. The molecular formula is C16H20FNO3. The summed E-state index contributed by atoms with van der Waals surface area (Å²) in [5, 5.41) is 12.4. The van der Waals surface area contributed by atoms with Crippen molar-refractivity contribution in [2.24, 2.45) is 5.92 Å². The Balaban J connectivity index is 1.63. The van der Waals surface area contributed by atoms with Gasteiger partial charge in [0.15, 0.2) is 0 Å². The minimum Gasteiger partial charge on any atom is -0.491 e. The molecule has 2 rings (SSSR count). The first kappa shape index (κ1) is 15.5. The van der Waals surface area contributed by atoms with Gasteiger partial charge in [0, 0.05) is 19.0 Å². The number of hydrogen-bond acceptors (Lipinski definition) is 3. The van der Waals surface area contributed by atoms with Crippen molar-refractivity contribution in [2.75, 3.05) is 13.2 Å². The number of allylic oxidation sites excluding steroid dienone is 2. The molecule has 0 radical (unpaired) electrons. The van der Waals surface area contributed by atoms with Crippen molar-refractivity contribution in [1.29, 1.82) is 0 Å². The first-order valence-electron chi connectivity index (χ1n) is 7.13. The zero-order valence-corrected chi connectivity index (χ0v) is 11.8. The zero-order valence-electron chi connectivity index (χ0n) is 11.8. The first-order valence-corrected chi connectivity index (χ1v) is 7.13. The van der Waals surface area contributed by atoms with Crippen LogP contribution in [0.5, 0.6) is 5.75 Å². The molecule has 1 aromatic carbocycles. The predicted molar refractivity (Wildman–Crippen MR) is 77.4 cm³/mol. The van der Waals surface area contributed by atoms with Crippen molar-refractivity contribution in [2.45, 2.75) is 25.4 Å². The molecule has 2 N–H and O–H groups in total. The molecule has 0 saturated carbocycles. The van der Waals surface area contributed by atoms with Crippen LogP contribution >= 0.6 is 0 Å². The van der Waals surface area contributed by atoms with Gasteiger partial charge in [-0.15, -0.1) is 0 Å². The molecule has 0 unspecified atom stereocenters. The van der Waals surface area contributed by atoms with Gasteiger partial charge in [-0.2, -0.15) is 0 Å². The second-order valence-corrected chi connectivity index (χ2v) is 5.20. The summed E-state index contributed by atoms with van der Waals surface area (Å²) in [6.45, 7) is 0.137. The molecule has 0 spiro atoms. The van der Waals surface area contributed by atoms with E-state index >= 15 is 0 Å². The van der Waals surface area contributed by atoms with Crippen LogP contribution in [0.15, 0.2) is 36.4 Å². The largest absolute Gasteiger partial charge is 0.491 e. The number of halogens is 1. The van der Waals surface area contributed by atoms with Gasteiger partial charge in [0.25, 0.3) is 0 Å². The Morgan fingerprint density at radius 1 is 1.52 bits per heavy atom. The highest BCUT2D eigenvalue weighted by Crippen LogP contribution is 2.19. The van der Waals surface area contributed by atoms with Crippen LogP contribution in [-0.4, -0.2) is 30.3 Å². The molecule has 114 valence electrons. The topological polar surface area (TPSA) is 58.6 Å². The van der Waals surface area contributed by atoms with Crippen LogP contribution in [0.4, 0.5) is 4.39 Å². The molecule has 0 aromatic heterocycles. The summed E-state index contributed by atoms with van der Waals surface area (Å²) in [5.41, 5.74) is 0. The van der Waals surface area contributed by atoms with E-state index in [0.29, 0.717) is 18.1 Å². The molecule has 0 fully saturated rings. The first-order chi connectivity index (χ1) is 10.1. The van der Waals surface area contributed by atoms with Crippen LogP contribution < -0.4 is 10.1 Å². The Morgan fingerprint density at radius 3 is 3.10 bits per heavy atom. The minimum atomic E-state index is -0.823. The van der Waals surface area contributed by atoms with Gasteiger partial charge >= 0.3 is 0 Å². The lowest BCUT2D eigenvalue weighted by Crippen LogP contribution is -2.35. The van der Waals surface area contributed by atoms with Gasteiger partial charge in [-0.05, 0) is 30.9 Å². The van der Waals surface area contributed by atoms with Crippen molar-refractivity contribution in [3.8, 4) is 5.75 Å². The normalized spacial score (nSPS) is 18.5. The molecule has 1 aliphatic rings. The standard InChI is InChI=1S/C16H20FNO3/c17-13-6-3-7-15(9-13)21-11-14(19)10-18-16(20)8-12-4-1-2-5-12/h1,3-4,6-7,9,12,14,19H,2,5,8,10-11H2,(H,18,20)/t12-,14-/m0/s1. The third-order valence-corrected chi connectivity index (χ3v) is 3.33. The van der Waals surface area contributed by atoms with E-state index in [1.807, 2.05) is 0 Å². The molecule has 1 aromatic rings. The summed E-state index contributed by atoms with van der Waals surface area (Å²) in [4.78, 5) is 11.7. The summed E-state index contributed by atoms with van der Waals surface area (Å²) < 4.78 is 18.2. The van der Waals surface area contributed by atoms with Gasteiger partial charge in [0.05, 0.1) is 0 Å². The Hall–Kier alpha value is -1.88. The number of ether oxygens (including phenoxy) is 1. The Kier molecular flexibility index (Phi) is 5.75. The summed E-state index contributed by atoms with van der Waals surface area (Å²) in [6, 6.07) is 5.72. The van der Waals surface area contributed by atoms with E-state index in [4.69, 9.17) is 4.74 Å². The fourth-order valence-corrected chi connectivity index (χ4v) is 2.22. The molecule has 5 heteroatoms. The maximum Gasteiger partial charge on any atom is 0.220 e. The number of aliphatic hydroxyl groups is 1. The van der Waals surface area contributed by atoms with Crippen LogP contribution in [0.2, 0.25) is 0 Å². The van der Waals surface area contributed by atoms with E-state index in [9.17, 15) is 14.3 Å². The molecule has 4 nitrogen and oxygen atoms in total. The van der Waals surface area contributed by atoms with Crippen LogP contribution in [0.1, 0.15) is 19.3 Å². The number of benzene rings is 1. The SMILES string of the molecule is O=C(C[C@H]1C=CCC1)NC[C@H](O)COc1cccc(F)c1. The van der Waals surface area contributed by atoms with Gasteiger partial charge in [-0.3, -0.25) is 4.79 Å². The van der Waals surface area contributed by atoms with E-state index in [1.165, 1.54) is 18.2 Å². The fraction of sp³-hybridized carbons (Fsp3) is 0.438. The summed E-state index contributed by atoms with van der Waals surface area (Å²) in [6.07, 6.45) is 5.81. The highest BCUT2D eigenvalue weighted by molar-refractivity contribution is 5.76. The number of carbonyl (C=O) groups is 1. The Bertz CT molecular complexity index is 504. The fourth-order valence-electron chi connectivity index (χ4n) is 2.22. The number of carbonyl (C=O) groups excluding carboxylic acids is 1. The van der Waals surface area contributed by atoms with Crippen molar-refractivity contribution in [3.63, 3.8) is 0 Å². The second-order valence-electron chi connectivity index (χ2n) is 5.20. The van der Waals surface area contributed by atoms with E-state index in [2.05, 4.69) is 17.5 Å². The maximum atomic E-state index is 12.9. The molecule has 1 amide bonds. The smallest absolute Gasteiger partial charge is 0.220 e. The molecule has 0 saturated heterocycles. The maximum absolute atomic E-state index is 12.9. The molecule has 0 aliphatic heterocycles. The van der Waals surface area contributed by atoms with Crippen molar-refractivity contribution in [1.82, 2.24) is 5.32 Å². The van der Waals surface area contributed by atoms with Gasteiger partial charge in [0.1, 0.15) is 24.3 Å². The van der Waals surface area contributed by atoms with Crippen molar-refractivity contribution >= 4 is 5.91 Å². The number of aliphatic hydroxyl groups excluding tert-OH is 1. The Labute approximate surface area is 123 Å². The highest BCUT2D eigenvalue weighted by atomic mass is 19.1. The molecule has 1 aliphatic carbocycles. The van der Waals surface area contributed by atoms with Crippen molar-refractivity contribution < 1.29 is 19.0 Å². The van der Waals surface area contributed by atoms with Crippen molar-refractivity contribution in [3.05, 3.63) is 42.2 Å². The molecular weight excluding hydrogens is 273 g/mol. The third-order valence-electron chi connectivity index (χ3n) is 3.33. The van der Waals surface area contributed by atoms with Gasteiger partial charge in [-0.25, -0.2) is 4.39 Å². The third kappa shape index (κ3) is 5.55. The lowest BCUT2D eigenvalue weighted by molar-refractivity contribution is -0.122. The molecule has 0 bridgehead atoms. The van der Waals surface area contributed by atoms with Gasteiger partial charge in [-0.1, -0.05) is 18.2 Å². The lowest BCUT2D eigenvalue weighted by atomic mass is 10.1. The second kappa shape index (κ2) is 7.78. The van der Waals surface area contributed by atoms with Gasteiger partial charge in [0.2, 0.25) is 5.91 Å². The number of amides is 1. The van der Waals surface area contributed by atoms with E-state index in [1.54, 1.807) is 6.07 Å². The molecule has 0 heterocycles. The zero-order chi connectivity index (χ0) is 15.1. The predicted octanol–water partition coefficient (Wildman–Crippen LogP) is 2.04. The van der Waals surface area contributed by atoms with E-state index < -0.39 is 6.10 Å². The highest BCUT2D eigenvalue weighted by Gasteiger charge is 2.15. The molecule has 21 heavy (non-hydrogen) atoms. The van der Waals surface area contributed by atoms with Crippen LogP contribution in [-0.2, 0) is 4.79 Å². The van der Waals surface area contributed by atoms with Crippen LogP contribution in [0, 0.1) is 11.7 Å². The van der Waals surface area contributed by atoms with E-state index in [0.717, 1.165) is 12.8 Å². The number of rotatable bonds is 7. The summed E-state index contributed by atoms with van der Waals surface area (Å²) in [5.74, 6) is 0.207. The van der Waals surface area contributed by atoms with E-state index in [-0.39, 0.29) is 24.9 Å². The average molecular weight is 293 g/mol. The monoisotopic (exact) mass is 293 g/mol. The number of nitrogens with one attached hydrogen (secondary N) is 1. The van der Waals surface area contributed by atoms with Crippen LogP contribution in [0.25, 0.3) is 0 Å². The summed E-state index contributed by atoms with van der Waals surface area (Å²) in [7, 11) is 0. The van der Waals surface area contributed by atoms with Gasteiger partial charge < -0.3 is 15.2 Å². The Morgan fingerprint density at radius 2 is 2.38 bits per heavy atom. The minimum absolute atomic E-state index is 0.00701. The lowest BCUT2D eigenvalue weighted by Gasteiger charge is -2.14. The quantitative estimate of drug-likeness (QED) is 0.756.